The zero-order valence-corrected chi connectivity index (χ0v) is 15.0. The Morgan fingerprint density at radius 2 is 1.23 bits per heavy atom. The van der Waals surface area contributed by atoms with Crippen molar-refractivity contribution < 1.29 is 9.90 Å². The van der Waals surface area contributed by atoms with Gasteiger partial charge in [0.2, 0.25) is 0 Å². The number of carboxylic acid groups (broad SMARTS) is 1. The normalized spacial score (nSPS) is 12.3. The van der Waals surface area contributed by atoms with Crippen LogP contribution in [-0.4, -0.2) is 11.1 Å². The van der Waals surface area contributed by atoms with E-state index in [-0.39, 0.29) is 0 Å². The highest BCUT2D eigenvalue weighted by molar-refractivity contribution is 5.85. The van der Waals surface area contributed by atoms with Crippen LogP contribution in [0.2, 0.25) is 0 Å². The third-order valence-corrected chi connectivity index (χ3v) is 4.52. The monoisotopic (exact) mass is 310 g/mol. The SMILES string of the molecule is C=C(CC(CCCCCC)CCCCCCCCC)C(=O)O. The van der Waals surface area contributed by atoms with E-state index in [1.807, 2.05) is 0 Å². The second-order valence-electron chi connectivity index (χ2n) is 6.74. The molecule has 0 bridgehead atoms. The first-order valence-electron chi connectivity index (χ1n) is 9.52. The molecule has 0 aromatic carbocycles. The van der Waals surface area contributed by atoms with E-state index in [2.05, 4.69) is 20.4 Å². The van der Waals surface area contributed by atoms with Gasteiger partial charge in [-0.05, 0) is 12.3 Å². The summed E-state index contributed by atoms with van der Waals surface area (Å²) in [5.74, 6) is -0.297. The Hall–Kier alpha value is -0.790. The maximum absolute atomic E-state index is 11.0. The Kier molecular flexibility index (Phi) is 14.6. The Morgan fingerprint density at radius 3 is 1.68 bits per heavy atom. The van der Waals surface area contributed by atoms with Crippen LogP contribution in [0.15, 0.2) is 12.2 Å². The van der Waals surface area contributed by atoms with Gasteiger partial charge < -0.3 is 5.11 Å². The molecule has 0 fully saturated rings. The quantitative estimate of drug-likeness (QED) is 0.253. The summed E-state index contributed by atoms with van der Waals surface area (Å²) in [5.41, 5.74) is 0.392. The van der Waals surface area contributed by atoms with Gasteiger partial charge in [-0.2, -0.15) is 0 Å². The molecule has 0 saturated heterocycles. The highest BCUT2D eigenvalue weighted by Gasteiger charge is 2.14. The minimum atomic E-state index is -0.821. The van der Waals surface area contributed by atoms with Crippen LogP contribution >= 0.6 is 0 Å². The average Bonchev–Trinajstić information content (AvgIpc) is 2.50. The third-order valence-electron chi connectivity index (χ3n) is 4.52. The Labute approximate surface area is 138 Å². The summed E-state index contributed by atoms with van der Waals surface area (Å²) in [7, 11) is 0. The molecule has 22 heavy (non-hydrogen) atoms. The van der Waals surface area contributed by atoms with Gasteiger partial charge >= 0.3 is 5.97 Å². The van der Waals surface area contributed by atoms with Gasteiger partial charge in [-0.3, -0.25) is 0 Å². The topological polar surface area (TPSA) is 37.3 Å². The fraction of sp³-hybridized carbons (Fsp3) is 0.850. The fourth-order valence-electron chi connectivity index (χ4n) is 3.03. The van der Waals surface area contributed by atoms with Crippen molar-refractivity contribution in [3.05, 3.63) is 12.2 Å². The molecule has 1 N–H and O–H groups in total. The summed E-state index contributed by atoms with van der Waals surface area (Å²) < 4.78 is 0. The highest BCUT2D eigenvalue weighted by atomic mass is 16.4. The Bertz CT molecular complexity index is 283. The van der Waals surface area contributed by atoms with Crippen molar-refractivity contribution >= 4 is 5.97 Å². The first kappa shape index (κ1) is 21.2. The predicted octanol–water partition coefficient (Wildman–Crippen LogP) is 6.74. The highest BCUT2D eigenvalue weighted by Crippen LogP contribution is 2.24. The van der Waals surface area contributed by atoms with Crippen LogP contribution < -0.4 is 0 Å². The van der Waals surface area contributed by atoms with Crippen molar-refractivity contribution in [2.24, 2.45) is 5.92 Å². The number of carboxylic acids is 1. The molecule has 0 spiro atoms. The van der Waals surface area contributed by atoms with Crippen molar-refractivity contribution in [3.8, 4) is 0 Å². The molecule has 0 aromatic rings. The van der Waals surface area contributed by atoms with Crippen LogP contribution in [0.25, 0.3) is 0 Å². The molecule has 0 aliphatic heterocycles. The van der Waals surface area contributed by atoms with Crippen LogP contribution in [0, 0.1) is 5.92 Å². The molecule has 0 saturated carbocycles. The molecular formula is C20H38O2. The van der Waals surface area contributed by atoms with Gasteiger partial charge in [-0.1, -0.05) is 104 Å². The molecule has 0 aromatic heterocycles. The summed E-state index contributed by atoms with van der Waals surface area (Å²) in [6.45, 7) is 8.19. The van der Waals surface area contributed by atoms with Crippen molar-refractivity contribution in [1.82, 2.24) is 0 Å². The number of hydrogen-bond donors (Lipinski definition) is 1. The number of aliphatic carboxylic acids is 1. The number of carbonyl (C=O) groups is 1. The smallest absolute Gasteiger partial charge is 0.330 e. The van der Waals surface area contributed by atoms with Crippen molar-refractivity contribution in [2.75, 3.05) is 0 Å². The first-order chi connectivity index (χ1) is 10.6. The molecule has 1 atom stereocenters. The van der Waals surface area contributed by atoms with E-state index in [0.717, 1.165) is 0 Å². The molecule has 0 amide bonds. The lowest BCUT2D eigenvalue weighted by atomic mass is 9.89. The lowest BCUT2D eigenvalue weighted by molar-refractivity contribution is -0.132. The van der Waals surface area contributed by atoms with E-state index in [4.69, 9.17) is 5.11 Å². The van der Waals surface area contributed by atoms with Crippen molar-refractivity contribution in [3.63, 3.8) is 0 Å². The second-order valence-corrected chi connectivity index (χ2v) is 6.74. The molecular weight excluding hydrogens is 272 g/mol. The van der Waals surface area contributed by atoms with Gasteiger partial charge in [0.05, 0.1) is 0 Å². The molecule has 2 heteroatoms. The van der Waals surface area contributed by atoms with Crippen LogP contribution in [0.5, 0.6) is 0 Å². The summed E-state index contributed by atoms with van der Waals surface area (Å²) in [6.07, 6.45) is 17.4. The molecule has 2 nitrogen and oxygen atoms in total. The fourth-order valence-corrected chi connectivity index (χ4v) is 3.03. The largest absolute Gasteiger partial charge is 0.478 e. The van der Waals surface area contributed by atoms with E-state index in [1.54, 1.807) is 0 Å². The molecule has 0 radical (unpaired) electrons. The number of unbranched alkanes of at least 4 members (excludes halogenated alkanes) is 9. The number of hydrogen-bond acceptors (Lipinski definition) is 1. The Balaban J connectivity index is 3.90. The van der Waals surface area contributed by atoms with Gasteiger partial charge in [0.25, 0.3) is 0 Å². The van der Waals surface area contributed by atoms with Crippen LogP contribution in [0.1, 0.15) is 104 Å². The average molecular weight is 311 g/mol. The predicted molar refractivity (Wildman–Crippen MR) is 96.3 cm³/mol. The van der Waals surface area contributed by atoms with Gasteiger partial charge in [-0.15, -0.1) is 0 Å². The molecule has 1 unspecified atom stereocenters. The standard InChI is InChI=1S/C20H38O2/c1-4-6-8-10-11-12-14-16-19(15-13-9-7-5-2)17-18(3)20(21)22/h19H,3-17H2,1-2H3,(H,21,22). The van der Waals surface area contributed by atoms with Crippen molar-refractivity contribution in [1.29, 1.82) is 0 Å². The lowest BCUT2D eigenvalue weighted by Crippen LogP contribution is -2.08. The van der Waals surface area contributed by atoms with Crippen LogP contribution in [0.4, 0.5) is 0 Å². The zero-order chi connectivity index (χ0) is 16.6. The van der Waals surface area contributed by atoms with Crippen molar-refractivity contribution in [2.45, 2.75) is 104 Å². The van der Waals surface area contributed by atoms with Gasteiger partial charge in [0.1, 0.15) is 0 Å². The minimum Gasteiger partial charge on any atom is -0.478 e. The summed E-state index contributed by atoms with van der Waals surface area (Å²) in [4.78, 5) is 11.0. The minimum absolute atomic E-state index is 0.392. The molecule has 0 aliphatic rings. The second kappa shape index (κ2) is 15.1. The Morgan fingerprint density at radius 1 is 0.818 bits per heavy atom. The van der Waals surface area contributed by atoms with Gasteiger partial charge in [0.15, 0.2) is 0 Å². The van der Waals surface area contributed by atoms with Crippen LogP contribution in [-0.2, 0) is 4.79 Å². The molecule has 0 aliphatic carbocycles. The van der Waals surface area contributed by atoms with Crippen LogP contribution in [0.3, 0.4) is 0 Å². The maximum atomic E-state index is 11.0. The first-order valence-corrected chi connectivity index (χ1v) is 9.52. The maximum Gasteiger partial charge on any atom is 0.330 e. The molecule has 0 rings (SSSR count). The van der Waals surface area contributed by atoms with E-state index in [0.29, 0.717) is 17.9 Å². The summed E-state index contributed by atoms with van der Waals surface area (Å²) in [5, 5.41) is 9.03. The summed E-state index contributed by atoms with van der Waals surface area (Å²) >= 11 is 0. The number of rotatable bonds is 16. The summed E-state index contributed by atoms with van der Waals surface area (Å²) in [6, 6.07) is 0. The van der Waals surface area contributed by atoms with E-state index in [9.17, 15) is 4.79 Å². The zero-order valence-electron chi connectivity index (χ0n) is 15.0. The van der Waals surface area contributed by atoms with Gasteiger partial charge in [-0.25, -0.2) is 4.79 Å². The lowest BCUT2D eigenvalue weighted by Gasteiger charge is -2.17. The molecule has 130 valence electrons. The molecule has 0 heterocycles. The van der Waals surface area contributed by atoms with Gasteiger partial charge in [0, 0.05) is 5.57 Å². The van der Waals surface area contributed by atoms with E-state index < -0.39 is 5.97 Å². The van der Waals surface area contributed by atoms with E-state index in [1.165, 1.54) is 83.5 Å². The van der Waals surface area contributed by atoms with E-state index >= 15 is 0 Å². The third kappa shape index (κ3) is 12.9.